The van der Waals surface area contributed by atoms with Crippen LogP contribution in [0.4, 0.5) is 0 Å². The van der Waals surface area contributed by atoms with E-state index in [1.165, 1.54) is 38.6 Å². The van der Waals surface area contributed by atoms with Gasteiger partial charge in [-0.2, -0.15) is 0 Å². The van der Waals surface area contributed by atoms with Crippen LogP contribution in [0.25, 0.3) is 0 Å². The molecule has 0 spiro atoms. The summed E-state index contributed by atoms with van der Waals surface area (Å²) in [5.41, 5.74) is -0.0367. The van der Waals surface area contributed by atoms with E-state index >= 15 is 0 Å². The van der Waals surface area contributed by atoms with E-state index in [1.54, 1.807) is 0 Å². The van der Waals surface area contributed by atoms with Crippen molar-refractivity contribution in [1.29, 1.82) is 0 Å². The highest BCUT2D eigenvalue weighted by Crippen LogP contribution is 2.38. The average molecular weight is 280 g/mol. The summed E-state index contributed by atoms with van der Waals surface area (Å²) in [4.78, 5) is 16.8. The minimum absolute atomic E-state index is 0.0367. The first-order valence-corrected chi connectivity index (χ1v) is 8.51. The molecule has 0 bridgehead atoms. The molecule has 2 fully saturated rings. The predicted octanol–water partition coefficient (Wildman–Crippen LogP) is 2.80. The van der Waals surface area contributed by atoms with Gasteiger partial charge in [-0.1, -0.05) is 13.8 Å². The second kappa shape index (κ2) is 7.04. The lowest BCUT2D eigenvalue weighted by atomic mass is 9.71. The number of rotatable bonds is 5. The molecule has 0 aromatic carbocycles. The normalized spacial score (nSPS) is 34.9. The minimum atomic E-state index is -0.0367. The van der Waals surface area contributed by atoms with Crippen molar-refractivity contribution < 1.29 is 4.79 Å². The van der Waals surface area contributed by atoms with Crippen molar-refractivity contribution in [2.45, 2.75) is 58.9 Å². The van der Waals surface area contributed by atoms with E-state index in [0.717, 1.165) is 38.4 Å². The number of hydrogen-bond donors (Lipinski definition) is 0. The number of piperazine rings is 1. The summed E-state index contributed by atoms with van der Waals surface area (Å²) in [7, 11) is 0. The maximum atomic E-state index is 11.6. The molecule has 20 heavy (non-hydrogen) atoms. The first-order chi connectivity index (χ1) is 9.58. The van der Waals surface area contributed by atoms with Gasteiger partial charge in [0.2, 0.25) is 0 Å². The Morgan fingerprint density at radius 3 is 2.30 bits per heavy atom. The fraction of sp³-hybridized carbons (Fsp3) is 0.941. The van der Waals surface area contributed by atoms with Crippen molar-refractivity contribution in [1.82, 2.24) is 9.80 Å². The molecular formula is C17H32N2O. The van der Waals surface area contributed by atoms with Crippen LogP contribution in [0.15, 0.2) is 0 Å². The van der Waals surface area contributed by atoms with E-state index in [1.807, 2.05) is 0 Å². The van der Waals surface area contributed by atoms with E-state index in [2.05, 4.69) is 30.6 Å². The SMILES string of the molecule is CCC(C)N1CCN(CC2(C=O)CCC(C)CC2)CC1. The molecule has 0 aromatic rings. The molecule has 3 heteroatoms. The second-order valence-corrected chi connectivity index (χ2v) is 7.23. The largest absolute Gasteiger partial charge is 0.303 e. The van der Waals surface area contributed by atoms with E-state index in [0.29, 0.717) is 6.04 Å². The quantitative estimate of drug-likeness (QED) is 0.724. The fourth-order valence-electron chi connectivity index (χ4n) is 3.72. The highest BCUT2D eigenvalue weighted by atomic mass is 16.1. The molecule has 0 amide bonds. The average Bonchev–Trinajstić information content (AvgIpc) is 2.50. The third kappa shape index (κ3) is 3.82. The van der Waals surface area contributed by atoms with Gasteiger partial charge in [0.1, 0.15) is 6.29 Å². The third-order valence-corrected chi connectivity index (χ3v) is 5.68. The number of aldehydes is 1. The van der Waals surface area contributed by atoms with Gasteiger partial charge < -0.3 is 4.79 Å². The number of nitrogens with zero attached hydrogens (tertiary/aromatic N) is 2. The molecule has 0 radical (unpaired) electrons. The summed E-state index contributed by atoms with van der Waals surface area (Å²) in [6.45, 7) is 12.5. The molecule has 1 heterocycles. The van der Waals surface area contributed by atoms with Gasteiger partial charge in [-0.3, -0.25) is 9.80 Å². The highest BCUT2D eigenvalue weighted by molar-refractivity contribution is 5.60. The van der Waals surface area contributed by atoms with Crippen LogP contribution in [0, 0.1) is 11.3 Å². The first kappa shape index (κ1) is 16.0. The van der Waals surface area contributed by atoms with Crippen molar-refractivity contribution in [3.05, 3.63) is 0 Å². The Bertz CT molecular complexity index is 302. The summed E-state index contributed by atoms with van der Waals surface area (Å²) in [6, 6.07) is 0.702. The molecule has 0 aromatic heterocycles. The monoisotopic (exact) mass is 280 g/mol. The molecule has 116 valence electrons. The molecule has 1 saturated carbocycles. The van der Waals surface area contributed by atoms with Crippen molar-refractivity contribution in [3.8, 4) is 0 Å². The van der Waals surface area contributed by atoms with E-state index in [4.69, 9.17) is 0 Å². The fourth-order valence-corrected chi connectivity index (χ4v) is 3.72. The van der Waals surface area contributed by atoms with Crippen LogP contribution < -0.4 is 0 Å². The molecule has 1 atom stereocenters. The zero-order chi connectivity index (χ0) is 14.6. The Kier molecular flexibility index (Phi) is 5.62. The standard InChI is InChI=1S/C17H32N2O/c1-4-16(3)19-11-9-18(10-12-19)13-17(14-20)7-5-15(2)6-8-17/h14-16H,4-13H2,1-3H3. The third-order valence-electron chi connectivity index (χ3n) is 5.68. The molecular weight excluding hydrogens is 248 g/mol. The van der Waals surface area contributed by atoms with Crippen molar-refractivity contribution in [3.63, 3.8) is 0 Å². The molecule has 1 aliphatic heterocycles. The summed E-state index contributed by atoms with van der Waals surface area (Å²) >= 11 is 0. The second-order valence-electron chi connectivity index (χ2n) is 7.23. The van der Waals surface area contributed by atoms with Crippen LogP contribution in [-0.2, 0) is 4.79 Å². The first-order valence-electron chi connectivity index (χ1n) is 8.51. The summed E-state index contributed by atoms with van der Waals surface area (Å²) < 4.78 is 0. The van der Waals surface area contributed by atoms with Gasteiger partial charge in [-0.05, 0) is 44.9 Å². The lowest BCUT2D eigenvalue weighted by Gasteiger charge is -2.43. The molecule has 2 aliphatic rings. The molecule has 1 saturated heterocycles. The highest BCUT2D eigenvalue weighted by Gasteiger charge is 2.36. The molecule has 1 aliphatic carbocycles. The lowest BCUT2D eigenvalue weighted by Crippen LogP contribution is -2.52. The van der Waals surface area contributed by atoms with E-state index in [-0.39, 0.29) is 5.41 Å². The van der Waals surface area contributed by atoms with Crippen LogP contribution in [0.1, 0.15) is 52.9 Å². The van der Waals surface area contributed by atoms with Gasteiger partial charge in [0.25, 0.3) is 0 Å². The van der Waals surface area contributed by atoms with Crippen LogP contribution >= 0.6 is 0 Å². The summed E-state index contributed by atoms with van der Waals surface area (Å²) in [6.07, 6.45) is 7.17. The number of hydrogen-bond acceptors (Lipinski definition) is 3. The van der Waals surface area contributed by atoms with Gasteiger partial charge >= 0.3 is 0 Å². The minimum Gasteiger partial charge on any atom is -0.303 e. The van der Waals surface area contributed by atoms with Crippen LogP contribution in [0.3, 0.4) is 0 Å². The Labute approximate surface area is 124 Å². The summed E-state index contributed by atoms with van der Waals surface area (Å²) in [5, 5.41) is 0. The Hall–Kier alpha value is -0.410. The van der Waals surface area contributed by atoms with Crippen molar-refractivity contribution in [2.24, 2.45) is 11.3 Å². The predicted molar refractivity (Wildman–Crippen MR) is 83.9 cm³/mol. The van der Waals surface area contributed by atoms with Gasteiger partial charge in [0.15, 0.2) is 0 Å². The van der Waals surface area contributed by atoms with Crippen LogP contribution in [0.5, 0.6) is 0 Å². The van der Waals surface area contributed by atoms with Crippen LogP contribution in [0.2, 0.25) is 0 Å². The maximum absolute atomic E-state index is 11.6. The molecule has 1 unspecified atom stereocenters. The van der Waals surface area contributed by atoms with E-state index in [9.17, 15) is 4.79 Å². The number of carbonyl (C=O) groups excluding carboxylic acids is 1. The smallest absolute Gasteiger partial charge is 0.127 e. The zero-order valence-corrected chi connectivity index (χ0v) is 13.6. The Morgan fingerprint density at radius 2 is 1.80 bits per heavy atom. The molecule has 2 rings (SSSR count). The Balaban J connectivity index is 1.83. The van der Waals surface area contributed by atoms with E-state index < -0.39 is 0 Å². The van der Waals surface area contributed by atoms with Crippen molar-refractivity contribution >= 4 is 6.29 Å². The number of carbonyl (C=O) groups is 1. The van der Waals surface area contributed by atoms with Crippen molar-refractivity contribution in [2.75, 3.05) is 32.7 Å². The van der Waals surface area contributed by atoms with Gasteiger partial charge in [0, 0.05) is 44.2 Å². The lowest BCUT2D eigenvalue weighted by molar-refractivity contribution is -0.120. The summed E-state index contributed by atoms with van der Waals surface area (Å²) in [5.74, 6) is 0.810. The van der Waals surface area contributed by atoms with Gasteiger partial charge in [0.05, 0.1) is 0 Å². The van der Waals surface area contributed by atoms with Gasteiger partial charge in [-0.25, -0.2) is 0 Å². The molecule has 0 N–H and O–H groups in total. The topological polar surface area (TPSA) is 23.6 Å². The van der Waals surface area contributed by atoms with Gasteiger partial charge in [-0.15, -0.1) is 0 Å². The van der Waals surface area contributed by atoms with Crippen LogP contribution in [-0.4, -0.2) is 54.9 Å². The zero-order valence-electron chi connectivity index (χ0n) is 13.6. The molecule has 3 nitrogen and oxygen atoms in total. The Morgan fingerprint density at radius 1 is 1.20 bits per heavy atom. The maximum Gasteiger partial charge on any atom is 0.127 e.